The molecule has 0 N–H and O–H groups in total. The van der Waals surface area contributed by atoms with Crippen LogP contribution in [0.25, 0.3) is 5.69 Å². The van der Waals surface area contributed by atoms with Crippen LogP contribution >= 0.6 is 0 Å². The lowest BCUT2D eigenvalue weighted by atomic mass is 9.92. The molecule has 1 atom stereocenters. The second-order valence-corrected chi connectivity index (χ2v) is 5.99. The van der Waals surface area contributed by atoms with Crippen LogP contribution in [0.3, 0.4) is 0 Å². The number of nitrogens with zero attached hydrogens (tertiary/aromatic N) is 4. The molecule has 2 heterocycles. The van der Waals surface area contributed by atoms with Gasteiger partial charge in [0.05, 0.1) is 11.7 Å². The summed E-state index contributed by atoms with van der Waals surface area (Å²) in [5.74, 6) is 0. The van der Waals surface area contributed by atoms with Crippen LogP contribution in [-0.4, -0.2) is 19.3 Å². The number of hydrogen-bond donors (Lipinski definition) is 0. The van der Waals surface area contributed by atoms with Crippen LogP contribution in [0.5, 0.6) is 0 Å². The predicted octanol–water partition coefficient (Wildman–Crippen LogP) is 2.18. The lowest BCUT2D eigenvalue weighted by Crippen LogP contribution is -2.27. The first-order chi connectivity index (χ1) is 9.07. The van der Waals surface area contributed by atoms with Gasteiger partial charge in [-0.1, -0.05) is 13.8 Å². The van der Waals surface area contributed by atoms with Gasteiger partial charge in [0.15, 0.2) is 0 Å². The van der Waals surface area contributed by atoms with Gasteiger partial charge in [0.25, 0.3) is 0 Å². The Kier molecular flexibility index (Phi) is 2.77. The summed E-state index contributed by atoms with van der Waals surface area (Å²) in [4.78, 5) is 16.4. The Morgan fingerprint density at radius 1 is 1.32 bits per heavy atom. The van der Waals surface area contributed by atoms with Crippen LogP contribution in [0.1, 0.15) is 39.2 Å². The standard InChI is InChI=1S/C14H18N4O/c1-14(2)6-3-12(9-14)18-13(19)17(10-16-18)11-4-7-15-8-5-11/h4-5,7-8,10,12H,3,6,9H2,1-2H3. The zero-order valence-corrected chi connectivity index (χ0v) is 11.3. The fraction of sp³-hybridized carbons (Fsp3) is 0.500. The molecule has 100 valence electrons. The van der Waals surface area contributed by atoms with Crippen molar-refractivity contribution < 1.29 is 0 Å². The van der Waals surface area contributed by atoms with Crippen LogP contribution in [0.2, 0.25) is 0 Å². The highest BCUT2D eigenvalue weighted by Gasteiger charge is 2.33. The van der Waals surface area contributed by atoms with Crippen molar-refractivity contribution >= 4 is 0 Å². The van der Waals surface area contributed by atoms with Gasteiger partial charge in [0.2, 0.25) is 0 Å². The number of hydrogen-bond acceptors (Lipinski definition) is 3. The van der Waals surface area contributed by atoms with E-state index in [9.17, 15) is 4.79 Å². The lowest BCUT2D eigenvalue weighted by molar-refractivity contribution is 0.346. The Labute approximate surface area is 111 Å². The van der Waals surface area contributed by atoms with Crippen molar-refractivity contribution in [2.24, 2.45) is 5.41 Å². The average molecular weight is 258 g/mol. The van der Waals surface area contributed by atoms with Crippen LogP contribution in [0.4, 0.5) is 0 Å². The summed E-state index contributed by atoms with van der Waals surface area (Å²) in [6, 6.07) is 3.85. The van der Waals surface area contributed by atoms with Crippen molar-refractivity contribution in [1.29, 1.82) is 0 Å². The van der Waals surface area contributed by atoms with Gasteiger partial charge in [-0.2, -0.15) is 5.10 Å². The van der Waals surface area contributed by atoms with Crippen LogP contribution < -0.4 is 5.69 Å². The van der Waals surface area contributed by atoms with Gasteiger partial charge in [-0.05, 0) is 36.8 Å². The molecule has 5 nitrogen and oxygen atoms in total. The van der Waals surface area contributed by atoms with Crippen molar-refractivity contribution in [1.82, 2.24) is 19.3 Å². The molecule has 0 amide bonds. The maximum absolute atomic E-state index is 12.4. The van der Waals surface area contributed by atoms with Gasteiger partial charge in [-0.15, -0.1) is 0 Å². The highest BCUT2D eigenvalue weighted by molar-refractivity contribution is 5.27. The first kappa shape index (κ1) is 12.1. The molecule has 3 rings (SSSR count). The Hall–Kier alpha value is -1.91. The monoisotopic (exact) mass is 258 g/mol. The zero-order chi connectivity index (χ0) is 13.5. The first-order valence-corrected chi connectivity index (χ1v) is 6.63. The number of aromatic nitrogens is 4. The van der Waals surface area contributed by atoms with E-state index in [4.69, 9.17) is 0 Å². The quantitative estimate of drug-likeness (QED) is 0.829. The predicted molar refractivity (Wildman–Crippen MR) is 72.3 cm³/mol. The normalized spacial score (nSPS) is 21.7. The van der Waals surface area contributed by atoms with E-state index in [-0.39, 0.29) is 11.7 Å². The molecule has 0 bridgehead atoms. The molecule has 1 saturated carbocycles. The van der Waals surface area contributed by atoms with Crippen LogP contribution in [0.15, 0.2) is 35.6 Å². The summed E-state index contributed by atoms with van der Waals surface area (Å²) in [5, 5.41) is 4.29. The number of pyridine rings is 1. The molecule has 0 aromatic carbocycles. The molecule has 0 radical (unpaired) electrons. The van der Waals surface area contributed by atoms with Crippen molar-refractivity contribution in [3.63, 3.8) is 0 Å². The summed E-state index contributed by atoms with van der Waals surface area (Å²) in [7, 11) is 0. The molecule has 1 fully saturated rings. The van der Waals surface area contributed by atoms with E-state index >= 15 is 0 Å². The summed E-state index contributed by atoms with van der Waals surface area (Å²) < 4.78 is 3.21. The third-order valence-corrected chi connectivity index (χ3v) is 3.92. The van der Waals surface area contributed by atoms with Crippen molar-refractivity contribution in [2.45, 2.75) is 39.2 Å². The zero-order valence-electron chi connectivity index (χ0n) is 11.3. The van der Waals surface area contributed by atoms with Gasteiger partial charge in [0.1, 0.15) is 6.33 Å². The molecular weight excluding hydrogens is 240 g/mol. The Bertz CT molecular complexity index is 626. The average Bonchev–Trinajstić information content (AvgIpc) is 2.93. The maximum atomic E-state index is 12.4. The second-order valence-electron chi connectivity index (χ2n) is 5.99. The number of rotatable bonds is 2. The van der Waals surface area contributed by atoms with E-state index in [0.29, 0.717) is 5.41 Å². The fourth-order valence-corrected chi connectivity index (χ4v) is 2.86. The largest absolute Gasteiger partial charge is 0.350 e. The Morgan fingerprint density at radius 3 is 2.68 bits per heavy atom. The fourth-order valence-electron chi connectivity index (χ4n) is 2.86. The van der Waals surface area contributed by atoms with E-state index < -0.39 is 0 Å². The van der Waals surface area contributed by atoms with Gasteiger partial charge in [0, 0.05) is 12.4 Å². The summed E-state index contributed by atoms with van der Waals surface area (Å²) in [6.07, 6.45) is 8.14. The summed E-state index contributed by atoms with van der Waals surface area (Å²) in [5.41, 5.74) is 1.06. The van der Waals surface area contributed by atoms with Crippen LogP contribution in [-0.2, 0) is 0 Å². The molecule has 1 aliphatic carbocycles. The smallest absolute Gasteiger partial charge is 0.265 e. The first-order valence-electron chi connectivity index (χ1n) is 6.63. The Morgan fingerprint density at radius 2 is 2.05 bits per heavy atom. The molecule has 2 aromatic rings. The topological polar surface area (TPSA) is 52.7 Å². The minimum Gasteiger partial charge on any atom is -0.265 e. The van der Waals surface area contributed by atoms with Crippen LogP contribution in [0, 0.1) is 5.41 Å². The molecule has 19 heavy (non-hydrogen) atoms. The second kappa shape index (κ2) is 4.33. The SMILES string of the molecule is CC1(C)CCC(n2ncn(-c3ccncc3)c2=O)C1. The molecule has 1 unspecified atom stereocenters. The third kappa shape index (κ3) is 2.20. The molecular formula is C14H18N4O. The molecule has 1 aliphatic rings. The van der Waals surface area contributed by atoms with Gasteiger partial charge in [-0.3, -0.25) is 4.98 Å². The lowest BCUT2D eigenvalue weighted by Gasteiger charge is -2.16. The van der Waals surface area contributed by atoms with Crippen molar-refractivity contribution in [3.8, 4) is 5.69 Å². The highest BCUT2D eigenvalue weighted by atomic mass is 16.2. The molecule has 0 saturated heterocycles. The minimum atomic E-state index is -0.0612. The Balaban J connectivity index is 1.95. The van der Waals surface area contributed by atoms with Gasteiger partial charge >= 0.3 is 5.69 Å². The molecule has 0 spiro atoms. The van der Waals surface area contributed by atoms with Crippen molar-refractivity contribution in [2.75, 3.05) is 0 Å². The van der Waals surface area contributed by atoms with E-state index in [1.54, 1.807) is 28.0 Å². The highest BCUT2D eigenvalue weighted by Crippen LogP contribution is 2.42. The van der Waals surface area contributed by atoms with E-state index in [1.165, 1.54) is 0 Å². The van der Waals surface area contributed by atoms with E-state index in [0.717, 1.165) is 24.9 Å². The molecule has 0 aliphatic heterocycles. The molecule has 2 aromatic heterocycles. The molecule has 5 heteroatoms. The summed E-state index contributed by atoms with van der Waals surface area (Å²) >= 11 is 0. The summed E-state index contributed by atoms with van der Waals surface area (Å²) in [6.45, 7) is 4.50. The van der Waals surface area contributed by atoms with Gasteiger partial charge in [-0.25, -0.2) is 14.0 Å². The minimum absolute atomic E-state index is 0.0612. The van der Waals surface area contributed by atoms with E-state index in [2.05, 4.69) is 23.9 Å². The third-order valence-electron chi connectivity index (χ3n) is 3.92. The van der Waals surface area contributed by atoms with Crippen molar-refractivity contribution in [3.05, 3.63) is 41.3 Å². The maximum Gasteiger partial charge on any atom is 0.350 e. The van der Waals surface area contributed by atoms with E-state index in [1.807, 2.05) is 12.1 Å². The van der Waals surface area contributed by atoms with Gasteiger partial charge < -0.3 is 0 Å².